The van der Waals surface area contributed by atoms with Crippen molar-refractivity contribution in [3.8, 4) is 5.69 Å². The van der Waals surface area contributed by atoms with Gasteiger partial charge >= 0.3 is 0 Å². The van der Waals surface area contributed by atoms with Crippen LogP contribution < -0.4 is 5.32 Å². The van der Waals surface area contributed by atoms with Crippen LogP contribution in [-0.2, 0) is 0 Å². The molecule has 0 saturated carbocycles. The quantitative estimate of drug-likeness (QED) is 0.806. The van der Waals surface area contributed by atoms with E-state index in [4.69, 9.17) is 0 Å². The van der Waals surface area contributed by atoms with Crippen molar-refractivity contribution in [2.75, 3.05) is 5.32 Å². The van der Waals surface area contributed by atoms with Gasteiger partial charge < -0.3 is 5.32 Å². The zero-order chi connectivity index (χ0) is 16.4. The van der Waals surface area contributed by atoms with Gasteiger partial charge in [0.05, 0.1) is 5.69 Å². The number of nitrogens with one attached hydrogen (secondary N) is 1. The minimum atomic E-state index is -0.315. The lowest BCUT2D eigenvalue weighted by molar-refractivity contribution is 0.101. The maximum Gasteiger partial charge on any atom is 0.295 e. The molecule has 0 aliphatic carbocycles. The molecule has 0 fully saturated rings. The van der Waals surface area contributed by atoms with Crippen LogP contribution in [0.5, 0.6) is 0 Å². The largest absolute Gasteiger partial charge is 0.319 e. The van der Waals surface area contributed by atoms with E-state index in [1.54, 1.807) is 11.0 Å². The Morgan fingerprint density at radius 3 is 2.43 bits per heavy atom. The predicted molar refractivity (Wildman–Crippen MR) is 90.0 cm³/mol. The fourth-order valence-electron chi connectivity index (χ4n) is 2.24. The van der Waals surface area contributed by atoms with Crippen LogP contribution in [-0.4, -0.2) is 20.7 Å². The summed E-state index contributed by atoms with van der Waals surface area (Å²) in [6, 6.07) is 13.8. The summed E-state index contributed by atoms with van der Waals surface area (Å²) in [5, 5.41) is 7.12. The topological polar surface area (TPSA) is 59.8 Å². The molecule has 0 atom stereocenters. The molecule has 1 heterocycles. The molecular formula is C18H18N4O. The van der Waals surface area contributed by atoms with Crippen molar-refractivity contribution in [1.82, 2.24) is 14.8 Å². The maximum absolute atomic E-state index is 12.3. The third kappa shape index (κ3) is 3.29. The van der Waals surface area contributed by atoms with E-state index < -0.39 is 0 Å². The summed E-state index contributed by atoms with van der Waals surface area (Å²) in [6.45, 7) is 5.96. The van der Waals surface area contributed by atoms with Crippen molar-refractivity contribution in [3.63, 3.8) is 0 Å². The molecule has 0 aliphatic heterocycles. The third-order valence-electron chi connectivity index (χ3n) is 3.63. The van der Waals surface area contributed by atoms with Gasteiger partial charge in [-0.3, -0.25) is 4.79 Å². The Kier molecular flexibility index (Phi) is 3.93. The number of aromatic nitrogens is 3. The predicted octanol–water partition coefficient (Wildman–Crippen LogP) is 3.44. The van der Waals surface area contributed by atoms with Gasteiger partial charge in [0.15, 0.2) is 0 Å². The number of nitrogens with zero attached hydrogens (tertiary/aromatic N) is 3. The molecule has 3 rings (SSSR count). The van der Waals surface area contributed by atoms with Crippen LogP contribution in [0, 0.1) is 20.8 Å². The maximum atomic E-state index is 12.3. The molecule has 0 spiro atoms. The number of hydrogen-bond donors (Lipinski definition) is 1. The molecule has 23 heavy (non-hydrogen) atoms. The number of aryl methyl sites for hydroxylation is 3. The summed E-state index contributed by atoms with van der Waals surface area (Å²) in [6.07, 6.45) is 1.54. The van der Waals surface area contributed by atoms with E-state index in [1.807, 2.05) is 63.2 Å². The number of hydrogen-bond acceptors (Lipinski definition) is 3. The van der Waals surface area contributed by atoms with E-state index >= 15 is 0 Å². The van der Waals surface area contributed by atoms with Gasteiger partial charge in [-0.05, 0) is 50.1 Å². The minimum Gasteiger partial charge on any atom is -0.319 e. The zero-order valence-corrected chi connectivity index (χ0v) is 13.4. The van der Waals surface area contributed by atoms with Crippen LogP contribution in [0.15, 0.2) is 48.8 Å². The Balaban J connectivity index is 1.81. The number of rotatable bonds is 3. The molecule has 0 bridgehead atoms. The van der Waals surface area contributed by atoms with Crippen LogP contribution >= 0.6 is 0 Å². The van der Waals surface area contributed by atoms with Gasteiger partial charge in [0.25, 0.3) is 5.91 Å². The van der Waals surface area contributed by atoms with Crippen LogP contribution in [0.1, 0.15) is 27.3 Å². The Morgan fingerprint density at radius 2 is 1.70 bits per heavy atom. The summed E-state index contributed by atoms with van der Waals surface area (Å²) in [5.41, 5.74) is 4.91. The molecule has 0 aliphatic rings. The van der Waals surface area contributed by atoms with Crippen LogP contribution in [0.4, 0.5) is 5.69 Å². The second-order valence-corrected chi connectivity index (χ2v) is 5.62. The monoisotopic (exact) mass is 306 g/mol. The number of benzene rings is 2. The van der Waals surface area contributed by atoms with Gasteiger partial charge in [0, 0.05) is 5.69 Å². The number of amides is 1. The standard InChI is InChI=1S/C18H18N4O/c1-12-5-8-15(9-6-12)22-11-19-17(21-22)18(23)20-16-10-13(2)4-7-14(16)3/h4-11H,1-3H3,(H,20,23). The number of carbonyl (C=O) groups excluding carboxylic acids is 1. The first kappa shape index (κ1) is 15.0. The fraction of sp³-hybridized carbons (Fsp3) is 0.167. The molecule has 3 aromatic rings. The second kappa shape index (κ2) is 6.04. The summed E-state index contributed by atoms with van der Waals surface area (Å²) in [7, 11) is 0. The average molecular weight is 306 g/mol. The lowest BCUT2D eigenvalue weighted by Crippen LogP contribution is -2.15. The molecule has 5 heteroatoms. The molecule has 1 amide bonds. The lowest BCUT2D eigenvalue weighted by Gasteiger charge is -2.07. The lowest BCUT2D eigenvalue weighted by atomic mass is 10.1. The first-order chi connectivity index (χ1) is 11.0. The van der Waals surface area contributed by atoms with Gasteiger partial charge in [-0.25, -0.2) is 9.67 Å². The fourth-order valence-corrected chi connectivity index (χ4v) is 2.24. The molecule has 1 N–H and O–H groups in total. The van der Waals surface area contributed by atoms with Crippen molar-refractivity contribution in [3.05, 3.63) is 71.3 Å². The van der Waals surface area contributed by atoms with Crippen molar-refractivity contribution in [1.29, 1.82) is 0 Å². The van der Waals surface area contributed by atoms with Gasteiger partial charge in [-0.2, -0.15) is 0 Å². The van der Waals surface area contributed by atoms with Gasteiger partial charge in [0.2, 0.25) is 5.82 Å². The van der Waals surface area contributed by atoms with Crippen molar-refractivity contribution >= 4 is 11.6 Å². The molecule has 1 aromatic heterocycles. The van der Waals surface area contributed by atoms with Crippen LogP contribution in [0.25, 0.3) is 5.69 Å². The minimum absolute atomic E-state index is 0.145. The number of anilines is 1. The van der Waals surface area contributed by atoms with E-state index in [0.717, 1.165) is 22.5 Å². The molecule has 5 nitrogen and oxygen atoms in total. The number of carbonyl (C=O) groups is 1. The van der Waals surface area contributed by atoms with E-state index in [-0.39, 0.29) is 11.7 Å². The Bertz CT molecular complexity index is 850. The SMILES string of the molecule is Cc1ccc(-n2cnc(C(=O)Nc3cc(C)ccc3C)n2)cc1. The summed E-state index contributed by atoms with van der Waals surface area (Å²) >= 11 is 0. The smallest absolute Gasteiger partial charge is 0.295 e. The Labute approximate surface area is 135 Å². The highest BCUT2D eigenvalue weighted by Gasteiger charge is 2.13. The van der Waals surface area contributed by atoms with Crippen molar-refractivity contribution < 1.29 is 4.79 Å². The summed E-state index contributed by atoms with van der Waals surface area (Å²) < 4.78 is 1.59. The van der Waals surface area contributed by atoms with E-state index in [0.29, 0.717) is 0 Å². The first-order valence-corrected chi connectivity index (χ1v) is 7.40. The first-order valence-electron chi connectivity index (χ1n) is 7.40. The van der Waals surface area contributed by atoms with Crippen LogP contribution in [0.2, 0.25) is 0 Å². The van der Waals surface area contributed by atoms with E-state index in [9.17, 15) is 4.79 Å². The molecule has 2 aromatic carbocycles. The summed E-state index contributed by atoms with van der Waals surface area (Å²) in [4.78, 5) is 16.4. The average Bonchev–Trinajstić information content (AvgIpc) is 3.02. The molecule has 116 valence electrons. The van der Waals surface area contributed by atoms with Gasteiger partial charge in [-0.15, -0.1) is 5.10 Å². The second-order valence-electron chi connectivity index (χ2n) is 5.62. The summed E-state index contributed by atoms with van der Waals surface area (Å²) in [5.74, 6) is -0.170. The van der Waals surface area contributed by atoms with Crippen molar-refractivity contribution in [2.24, 2.45) is 0 Å². The van der Waals surface area contributed by atoms with Gasteiger partial charge in [0.1, 0.15) is 6.33 Å². The highest BCUT2D eigenvalue weighted by Crippen LogP contribution is 2.17. The molecule has 0 unspecified atom stereocenters. The van der Waals surface area contributed by atoms with Crippen LogP contribution in [0.3, 0.4) is 0 Å². The zero-order valence-electron chi connectivity index (χ0n) is 13.4. The van der Waals surface area contributed by atoms with Gasteiger partial charge in [-0.1, -0.05) is 29.8 Å². The van der Waals surface area contributed by atoms with Crippen molar-refractivity contribution in [2.45, 2.75) is 20.8 Å². The molecule has 0 radical (unpaired) electrons. The molecule has 0 saturated heterocycles. The normalized spacial score (nSPS) is 10.6. The van der Waals surface area contributed by atoms with E-state index in [1.165, 1.54) is 5.56 Å². The van der Waals surface area contributed by atoms with E-state index in [2.05, 4.69) is 15.4 Å². The highest BCUT2D eigenvalue weighted by atomic mass is 16.2. The molecular weight excluding hydrogens is 288 g/mol. The Hall–Kier alpha value is -2.95. The Morgan fingerprint density at radius 1 is 1.00 bits per heavy atom. The highest BCUT2D eigenvalue weighted by molar-refractivity contribution is 6.01. The third-order valence-corrected chi connectivity index (χ3v) is 3.63.